The number of Topliss-reactive ketones (excluding diaryl/α,β-unsaturated/α-hetero) is 1. The van der Waals surface area contributed by atoms with Crippen LogP contribution >= 0.6 is 0 Å². The fourth-order valence-electron chi connectivity index (χ4n) is 1.85. The molecule has 0 radical (unpaired) electrons. The van der Waals surface area contributed by atoms with E-state index in [4.69, 9.17) is 9.47 Å². The van der Waals surface area contributed by atoms with E-state index in [1.54, 1.807) is 24.3 Å². The van der Waals surface area contributed by atoms with E-state index >= 15 is 0 Å². The highest BCUT2D eigenvalue weighted by Crippen LogP contribution is 2.28. The lowest BCUT2D eigenvalue weighted by molar-refractivity contribution is -0.135. The maximum atomic E-state index is 11.4. The summed E-state index contributed by atoms with van der Waals surface area (Å²) in [5, 5.41) is 9.79. The number of allylic oxidation sites excluding steroid dienone is 1. The molecule has 1 heterocycles. The van der Waals surface area contributed by atoms with Gasteiger partial charge >= 0.3 is 5.97 Å². The summed E-state index contributed by atoms with van der Waals surface area (Å²) in [5.41, 5.74) is 0.380. The fourth-order valence-corrected chi connectivity index (χ4v) is 1.85. The number of carbonyl (C=O) groups excluding carboxylic acids is 2. The number of methoxy groups -OCH3 is 2. The van der Waals surface area contributed by atoms with E-state index in [2.05, 4.69) is 4.74 Å². The number of ketones is 1. The summed E-state index contributed by atoms with van der Waals surface area (Å²) in [4.78, 5) is 22.7. The van der Waals surface area contributed by atoms with E-state index in [9.17, 15) is 14.7 Å². The predicted molar refractivity (Wildman–Crippen MR) is 74.2 cm³/mol. The molecular weight excluding hydrogens is 276 g/mol. The highest BCUT2D eigenvalue weighted by Gasteiger charge is 2.31. The second-order valence-electron chi connectivity index (χ2n) is 4.21. The van der Waals surface area contributed by atoms with Gasteiger partial charge in [0.25, 0.3) is 0 Å². The van der Waals surface area contributed by atoms with Gasteiger partial charge in [0.2, 0.25) is 5.78 Å². The van der Waals surface area contributed by atoms with E-state index in [0.29, 0.717) is 17.1 Å². The largest absolute Gasteiger partial charge is 0.507 e. The van der Waals surface area contributed by atoms with E-state index in [0.717, 1.165) is 0 Å². The van der Waals surface area contributed by atoms with E-state index in [1.807, 2.05) is 0 Å². The zero-order valence-corrected chi connectivity index (χ0v) is 11.6. The van der Waals surface area contributed by atoms with Crippen LogP contribution in [0.2, 0.25) is 0 Å². The molecule has 0 spiro atoms. The summed E-state index contributed by atoms with van der Waals surface area (Å²) in [6.07, 6.45) is 2.81. The van der Waals surface area contributed by atoms with Gasteiger partial charge in [-0.2, -0.15) is 0 Å². The topological polar surface area (TPSA) is 82.1 Å². The van der Waals surface area contributed by atoms with Crippen LogP contribution in [0.25, 0.3) is 6.08 Å². The van der Waals surface area contributed by atoms with Crippen LogP contribution in [0.5, 0.6) is 11.5 Å². The van der Waals surface area contributed by atoms with Gasteiger partial charge in [-0.05, 0) is 23.8 Å². The van der Waals surface area contributed by atoms with Crippen LogP contribution in [0.15, 0.2) is 35.6 Å². The normalized spacial score (nSPS) is 17.0. The first-order chi connectivity index (χ1) is 10.1. The Morgan fingerprint density at radius 1 is 1.24 bits per heavy atom. The Hall–Kier alpha value is -2.76. The molecule has 0 aromatic heterocycles. The molecule has 6 heteroatoms. The van der Waals surface area contributed by atoms with Crippen LogP contribution in [-0.4, -0.2) is 37.7 Å². The van der Waals surface area contributed by atoms with Gasteiger partial charge in [-0.25, -0.2) is 4.79 Å². The molecule has 0 unspecified atom stereocenters. The van der Waals surface area contributed by atoms with E-state index in [1.165, 1.54) is 20.3 Å². The lowest BCUT2D eigenvalue weighted by Crippen LogP contribution is -2.04. The van der Waals surface area contributed by atoms with Crippen molar-refractivity contribution >= 4 is 17.8 Å². The number of hydrogen-bond donors (Lipinski definition) is 1. The molecule has 2 rings (SSSR count). The third-order valence-corrected chi connectivity index (χ3v) is 2.91. The van der Waals surface area contributed by atoms with Gasteiger partial charge in [-0.3, -0.25) is 4.79 Å². The van der Waals surface area contributed by atoms with Crippen molar-refractivity contribution in [3.8, 4) is 11.5 Å². The average Bonchev–Trinajstić information content (AvgIpc) is 2.83. The maximum Gasteiger partial charge on any atom is 0.346 e. The lowest BCUT2D eigenvalue weighted by Gasteiger charge is -2.07. The highest BCUT2D eigenvalue weighted by atomic mass is 16.5. The van der Waals surface area contributed by atoms with Crippen molar-refractivity contribution in [2.45, 2.75) is 0 Å². The van der Waals surface area contributed by atoms with Gasteiger partial charge in [0.05, 0.1) is 14.2 Å². The number of esters is 1. The van der Waals surface area contributed by atoms with Gasteiger partial charge in [0.15, 0.2) is 18.1 Å². The number of hydrogen-bond acceptors (Lipinski definition) is 6. The number of ether oxygens (including phenoxy) is 3. The van der Waals surface area contributed by atoms with Crippen molar-refractivity contribution in [1.29, 1.82) is 0 Å². The molecule has 1 aliphatic heterocycles. The standard InChI is InChI=1S/C15H14O6/c1-19-12-6-4-9(7-13(12)20-2)3-5-10(16)14-11(17)8-21-15(14)18/h3-7,16H,8H2,1-2H3/b5-3+,14-10?. The molecule has 0 bridgehead atoms. The summed E-state index contributed by atoms with van der Waals surface area (Å²) >= 11 is 0. The van der Waals surface area contributed by atoms with Crippen LogP contribution < -0.4 is 9.47 Å². The number of rotatable bonds is 4. The monoisotopic (exact) mass is 290 g/mol. The fraction of sp³-hybridized carbons (Fsp3) is 0.200. The Balaban J connectivity index is 2.27. The van der Waals surface area contributed by atoms with Gasteiger partial charge in [0.1, 0.15) is 11.3 Å². The van der Waals surface area contributed by atoms with Gasteiger partial charge in [-0.15, -0.1) is 0 Å². The van der Waals surface area contributed by atoms with Crippen molar-refractivity contribution in [2.24, 2.45) is 0 Å². The Bertz CT molecular complexity index is 624. The molecule has 1 aliphatic rings. The Labute approximate surface area is 121 Å². The molecule has 0 saturated carbocycles. The summed E-state index contributed by atoms with van der Waals surface area (Å²) in [6, 6.07) is 5.14. The third kappa shape index (κ3) is 3.05. The predicted octanol–water partition coefficient (Wildman–Crippen LogP) is 1.66. The Morgan fingerprint density at radius 3 is 2.52 bits per heavy atom. The molecule has 1 aromatic rings. The van der Waals surface area contributed by atoms with Gasteiger partial charge in [0, 0.05) is 0 Å². The minimum Gasteiger partial charge on any atom is -0.507 e. The molecule has 1 N–H and O–H groups in total. The van der Waals surface area contributed by atoms with Crippen LogP contribution in [0.4, 0.5) is 0 Å². The summed E-state index contributed by atoms with van der Waals surface area (Å²) in [7, 11) is 3.04. The first-order valence-electron chi connectivity index (χ1n) is 6.10. The number of carbonyl (C=O) groups is 2. The molecule has 0 aliphatic carbocycles. The minimum absolute atomic E-state index is 0.327. The zero-order chi connectivity index (χ0) is 15.4. The number of cyclic esters (lactones) is 1. The zero-order valence-electron chi connectivity index (χ0n) is 11.6. The molecule has 21 heavy (non-hydrogen) atoms. The first kappa shape index (κ1) is 14.6. The quantitative estimate of drug-likeness (QED) is 0.393. The number of benzene rings is 1. The molecule has 0 amide bonds. The minimum atomic E-state index is -0.811. The Morgan fingerprint density at radius 2 is 1.95 bits per heavy atom. The van der Waals surface area contributed by atoms with E-state index in [-0.39, 0.29) is 12.2 Å². The molecular formula is C15H14O6. The van der Waals surface area contributed by atoms with Crippen molar-refractivity contribution in [2.75, 3.05) is 20.8 Å². The number of aliphatic hydroxyl groups excluding tert-OH is 1. The first-order valence-corrected chi connectivity index (χ1v) is 6.10. The number of aliphatic hydroxyl groups is 1. The Kier molecular flexibility index (Phi) is 4.27. The van der Waals surface area contributed by atoms with Crippen LogP contribution in [0, 0.1) is 0 Å². The summed E-state index contributed by atoms with van der Waals surface area (Å²) in [5.74, 6) is -0.656. The van der Waals surface area contributed by atoms with Crippen molar-refractivity contribution < 1.29 is 28.9 Å². The molecule has 110 valence electrons. The third-order valence-electron chi connectivity index (χ3n) is 2.91. The smallest absolute Gasteiger partial charge is 0.346 e. The molecule has 1 fully saturated rings. The molecule has 0 atom stereocenters. The van der Waals surface area contributed by atoms with Crippen LogP contribution in [0.1, 0.15) is 5.56 Å². The second kappa shape index (κ2) is 6.13. The lowest BCUT2D eigenvalue weighted by atomic mass is 10.1. The SMILES string of the molecule is COc1ccc(/C=C/C(O)=C2C(=O)COC2=O)cc1OC. The summed E-state index contributed by atoms with van der Waals surface area (Å²) < 4.78 is 14.8. The van der Waals surface area contributed by atoms with Crippen molar-refractivity contribution in [3.63, 3.8) is 0 Å². The summed E-state index contributed by atoms with van der Waals surface area (Å²) in [6.45, 7) is -0.331. The highest BCUT2D eigenvalue weighted by molar-refractivity contribution is 6.22. The maximum absolute atomic E-state index is 11.4. The van der Waals surface area contributed by atoms with E-state index < -0.39 is 17.5 Å². The molecule has 1 saturated heterocycles. The average molecular weight is 290 g/mol. The van der Waals surface area contributed by atoms with Gasteiger partial charge in [-0.1, -0.05) is 12.1 Å². The second-order valence-corrected chi connectivity index (χ2v) is 4.21. The van der Waals surface area contributed by atoms with Crippen LogP contribution in [-0.2, 0) is 14.3 Å². The molecule has 6 nitrogen and oxygen atoms in total. The van der Waals surface area contributed by atoms with Crippen molar-refractivity contribution in [1.82, 2.24) is 0 Å². The van der Waals surface area contributed by atoms with Crippen LogP contribution in [0.3, 0.4) is 0 Å². The van der Waals surface area contributed by atoms with Gasteiger partial charge < -0.3 is 19.3 Å². The molecule has 1 aromatic carbocycles. The van der Waals surface area contributed by atoms with Crippen molar-refractivity contribution in [3.05, 3.63) is 41.2 Å².